The third-order valence-electron chi connectivity index (χ3n) is 3.02. The van der Waals surface area contributed by atoms with Crippen molar-refractivity contribution in [2.45, 2.75) is 24.9 Å². The van der Waals surface area contributed by atoms with Gasteiger partial charge >= 0.3 is 6.03 Å². The van der Waals surface area contributed by atoms with Crippen molar-refractivity contribution in [3.63, 3.8) is 0 Å². The molecule has 7 nitrogen and oxygen atoms in total. The lowest BCUT2D eigenvalue weighted by Gasteiger charge is -2.27. The number of nitrogens with zero attached hydrogens (tertiary/aromatic N) is 4. The molecule has 3 heterocycles. The number of urea groups is 1. The highest BCUT2D eigenvalue weighted by atomic mass is 16.5. The Bertz CT molecular complexity index is 379. The van der Waals surface area contributed by atoms with E-state index in [-0.39, 0.29) is 18.1 Å². The van der Waals surface area contributed by atoms with E-state index in [4.69, 9.17) is 0 Å². The fourth-order valence-corrected chi connectivity index (χ4v) is 2.24. The molecule has 0 unspecified atom stereocenters. The Hall–Kier alpha value is -1.63. The summed E-state index contributed by atoms with van der Waals surface area (Å²) < 4.78 is 4.66. The minimum atomic E-state index is -0.368. The van der Waals surface area contributed by atoms with Crippen molar-refractivity contribution < 1.29 is 14.5 Å². The molecule has 1 aromatic rings. The van der Waals surface area contributed by atoms with E-state index in [1.54, 1.807) is 4.90 Å². The van der Waals surface area contributed by atoms with Gasteiger partial charge in [0.15, 0.2) is 5.82 Å². The molecule has 80 valence electrons. The van der Waals surface area contributed by atoms with Gasteiger partial charge < -0.3 is 9.42 Å². The van der Waals surface area contributed by atoms with Gasteiger partial charge in [0, 0.05) is 6.54 Å². The summed E-state index contributed by atoms with van der Waals surface area (Å²) in [7, 11) is 0. The van der Waals surface area contributed by atoms with Gasteiger partial charge in [-0.2, -0.15) is 4.98 Å². The second-order valence-corrected chi connectivity index (χ2v) is 3.82. The Labute approximate surface area is 85.2 Å². The van der Waals surface area contributed by atoms with Crippen LogP contribution in [0.2, 0.25) is 0 Å². The van der Waals surface area contributed by atoms with E-state index >= 15 is 0 Å². The van der Waals surface area contributed by atoms with Crippen LogP contribution in [0.25, 0.3) is 0 Å². The minimum absolute atomic E-state index is 0.0827. The summed E-state index contributed by atoms with van der Waals surface area (Å²) >= 11 is 0. The van der Waals surface area contributed by atoms with Crippen molar-refractivity contribution in [2.24, 2.45) is 0 Å². The standard InChI is InChI=1S/C8H10N4O3/c13-8-11-3-5(12(8)14)1-2-6(11)7-9-4-15-10-7/h4-6,14H,1-3H2/t5-,6+/m1/s1. The number of hydroxylamine groups is 2. The molecule has 2 fully saturated rings. The largest absolute Gasteiger partial charge is 0.344 e. The summed E-state index contributed by atoms with van der Waals surface area (Å²) in [6.45, 7) is 0.536. The second kappa shape index (κ2) is 2.93. The van der Waals surface area contributed by atoms with Crippen LogP contribution in [-0.4, -0.2) is 43.9 Å². The first-order valence-electron chi connectivity index (χ1n) is 4.82. The molecule has 0 radical (unpaired) electrons. The van der Waals surface area contributed by atoms with E-state index in [1.165, 1.54) is 6.39 Å². The molecule has 0 aromatic carbocycles. The van der Waals surface area contributed by atoms with E-state index in [1.807, 2.05) is 0 Å². The number of carbonyl (C=O) groups is 1. The van der Waals surface area contributed by atoms with E-state index in [9.17, 15) is 10.0 Å². The smallest absolute Gasteiger partial charge is 0.343 e. The molecule has 15 heavy (non-hydrogen) atoms. The van der Waals surface area contributed by atoms with Gasteiger partial charge in [-0.05, 0) is 12.8 Å². The Kier molecular flexibility index (Phi) is 1.69. The van der Waals surface area contributed by atoms with Crippen LogP contribution in [0.4, 0.5) is 4.79 Å². The van der Waals surface area contributed by atoms with Crippen LogP contribution in [0.3, 0.4) is 0 Å². The highest BCUT2D eigenvalue weighted by Gasteiger charge is 2.45. The monoisotopic (exact) mass is 210 g/mol. The highest BCUT2D eigenvalue weighted by Crippen LogP contribution is 2.35. The fourth-order valence-electron chi connectivity index (χ4n) is 2.24. The quantitative estimate of drug-likeness (QED) is 0.678. The van der Waals surface area contributed by atoms with Gasteiger partial charge in [-0.3, -0.25) is 5.21 Å². The zero-order valence-electron chi connectivity index (χ0n) is 7.91. The number of hydrogen-bond donors (Lipinski definition) is 1. The SMILES string of the molecule is O=C1N(O)[C@@H]2CC[C@@H](c3ncon3)N1C2. The van der Waals surface area contributed by atoms with E-state index < -0.39 is 0 Å². The third-order valence-corrected chi connectivity index (χ3v) is 3.02. The maximum Gasteiger partial charge on any atom is 0.344 e. The summed E-state index contributed by atoms with van der Waals surface area (Å²) in [5.41, 5.74) is 0. The van der Waals surface area contributed by atoms with Gasteiger partial charge in [0.2, 0.25) is 6.39 Å². The molecule has 2 bridgehead atoms. The van der Waals surface area contributed by atoms with Gasteiger partial charge in [0.05, 0.1) is 12.1 Å². The molecule has 2 aliphatic heterocycles. The summed E-state index contributed by atoms with van der Waals surface area (Å²) in [5, 5.41) is 14.0. The second-order valence-electron chi connectivity index (χ2n) is 3.82. The molecular weight excluding hydrogens is 200 g/mol. The first-order valence-corrected chi connectivity index (χ1v) is 4.82. The van der Waals surface area contributed by atoms with Crippen molar-refractivity contribution in [2.75, 3.05) is 6.54 Å². The van der Waals surface area contributed by atoms with Crippen molar-refractivity contribution in [3.8, 4) is 0 Å². The zero-order chi connectivity index (χ0) is 10.4. The Morgan fingerprint density at radius 2 is 2.40 bits per heavy atom. The average molecular weight is 210 g/mol. The van der Waals surface area contributed by atoms with Crippen LogP contribution in [0.15, 0.2) is 10.9 Å². The number of aromatic nitrogens is 2. The number of rotatable bonds is 1. The molecule has 0 aliphatic carbocycles. The van der Waals surface area contributed by atoms with Crippen LogP contribution in [0.5, 0.6) is 0 Å². The van der Waals surface area contributed by atoms with Crippen LogP contribution < -0.4 is 0 Å². The first kappa shape index (κ1) is 8.66. The van der Waals surface area contributed by atoms with Crippen LogP contribution >= 0.6 is 0 Å². The Morgan fingerprint density at radius 1 is 1.53 bits per heavy atom. The van der Waals surface area contributed by atoms with Gasteiger partial charge in [-0.15, -0.1) is 0 Å². The zero-order valence-corrected chi connectivity index (χ0v) is 7.91. The molecule has 2 amide bonds. The van der Waals surface area contributed by atoms with E-state index in [0.717, 1.165) is 17.9 Å². The normalized spacial score (nSPS) is 30.1. The van der Waals surface area contributed by atoms with E-state index in [2.05, 4.69) is 14.7 Å². The van der Waals surface area contributed by atoms with Crippen LogP contribution in [0, 0.1) is 0 Å². The minimum Gasteiger partial charge on any atom is -0.343 e. The molecule has 1 N–H and O–H groups in total. The highest BCUT2D eigenvalue weighted by molar-refractivity contribution is 5.76. The lowest BCUT2D eigenvalue weighted by molar-refractivity contribution is -0.0584. The van der Waals surface area contributed by atoms with Crippen LogP contribution in [0.1, 0.15) is 24.7 Å². The number of piperidine rings is 1. The molecule has 3 rings (SSSR count). The van der Waals surface area contributed by atoms with Gasteiger partial charge in [-0.1, -0.05) is 5.16 Å². The lowest BCUT2D eigenvalue weighted by Crippen LogP contribution is -2.34. The van der Waals surface area contributed by atoms with E-state index in [0.29, 0.717) is 12.4 Å². The molecule has 2 aliphatic rings. The van der Waals surface area contributed by atoms with Gasteiger partial charge in [0.1, 0.15) is 0 Å². The summed E-state index contributed by atoms with van der Waals surface area (Å²) in [4.78, 5) is 17.1. The number of hydrogen-bond acceptors (Lipinski definition) is 5. The Morgan fingerprint density at radius 3 is 3.13 bits per heavy atom. The summed E-state index contributed by atoms with van der Waals surface area (Å²) in [6.07, 6.45) is 2.77. The maximum atomic E-state index is 11.6. The topological polar surface area (TPSA) is 82.7 Å². The molecule has 0 spiro atoms. The number of carbonyl (C=O) groups excluding carboxylic acids is 1. The third kappa shape index (κ3) is 1.13. The molecule has 7 heteroatoms. The summed E-state index contributed by atoms with van der Waals surface area (Å²) in [5.74, 6) is 0.511. The lowest BCUT2D eigenvalue weighted by atomic mass is 10.0. The Balaban J connectivity index is 1.91. The van der Waals surface area contributed by atoms with Gasteiger partial charge in [0.25, 0.3) is 0 Å². The van der Waals surface area contributed by atoms with Crippen LogP contribution in [-0.2, 0) is 0 Å². The molecular formula is C8H10N4O3. The average Bonchev–Trinajstić information content (AvgIpc) is 2.85. The van der Waals surface area contributed by atoms with Crippen molar-refractivity contribution in [1.29, 1.82) is 0 Å². The summed E-state index contributed by atoms with van der Waals surface area (Å²) in [6, 6.07) is -0.613. The first-order chi connectivity index (χ1) is 7.27. The number of amides is 2. The van der Waals surface area contributed by atoms with Crippen molar-refractivity contribution in [1.82, 2.24) is 20.1 Å². The molecule has 1 aromatic heterocycles. The molecule has 2 atom stereocenters. The van der Waals surface area contributed by atoms with Crippen molar-refractivity contribution in [3.05, 3.63) is 12.2 Å². The molecule has 2 saturated heterocycles. The van der Waals surface area contributed by atoms with Gasteiger partial charge in [-0.25, -0.2) is 9.86 Å². The fraction of sp³-hybridized carbons (Fsp3) is 0.625. The van der Waals surface area contributed by atoms with Crippen molar-refractivity contribution >= 4 is 6.03 Å². The molecule has 0 saturated carbocycles. The predicted octanol–water partition coefficient (Wildman–Crippen LogP) is 0.400. The number of fused-ring (bicyclic) bond motifs is 2. The maximum absolute atomic E-state index is 11.6. The predicted molar refractivity (Wildman–Crippen MR) is 45.8 cm³/mol.